The first-order chi connectivity index (χ1) is 10.6. The second kappa shape index (κ2) is 5.20. The third kappa shape index (κ3) is 2.72. The monoisotopic (exact) mass is 328 g/mol. The van der Waals surface area contributed by atoms with E-state index in [2.05, 4.69) is 27.7 Å². The van der Waals surface area contributed by atoms with Gasteiger partial charge in [0.25, 0.3) is 0 Å². The number of sulfone groups is 1. The molecule has 2 aromatic carbocycles. The molecule has 122 valence electrons. The first-order valence-electron chi connectivity index (χ1n) is 8.10. The van der Waals surface area contributed by atoms with Crippen LogP contribution in [0.1, 0.15) is 51.7 Å². The lowest BCUT2D eigenvalue weighted by molar-refractivity contribution is 0.331. The molecule has 0 bridgehead atoms. The predicted octanol–water partition coefficient (Wildman–Crippen LogP) is 4.87. The molecular formula is C20H24O2S. The van der Waals surface area contributed by atoms with Crippen molar-refractivity contribution in [3.05, 3.63) is 59.7 Å². The van der Waals surface area contributed by atoms with Gasteiger partial charge in [0, 0.05) is 0 Å². The molecule has 2 aromatic rings. The topological polar surface area (TPSA) is 34.1 Å². The van der Waals surface area contributed by atoms with Crippen molar-refractivity contribution in [2.24, 2.45) is 0 Å². The molecule has 2 nitrogen and oxygen atoms in total. The quantitative estimate of drug-likeness (QED) is 0.788. The summed E-state index contributed by atoms with van der Waals surface area (Å²) in [5.41, 5.74) is 2.55. The molecular weight excluding hydrogens is 304 g/mol. The molecule has 1 aliphatic carbocycles. The van der Waals surface area contributed by atoms with E-state index >= 15 is 0 Å². The van der Waals surface area contributed by atoms with Crippen LogP contribution in [0.3, 0.4) is 0 Å². The second-order valence-corrected chi connectivity index (χ2v) is 9.74. The maximum atomic E-state index is 12.9. The van der Waals surface area contributed by atoms with Crippen LogP contribution in [-0.4, -0.2) is 8.42 Å². The lowest BCUT2D eigenvalue weighted by Crippen LogP contribution is -2.34. The van der Waals surface area contributed by atoms with E-state index in [4.69, 9.17) is 0 Å². The van der Waals surface area contributed by atoms with E-state index in [0.29, 0.717) is 9.79 Å². The van der Waals surface area contributed by atoms with Gasteiger partial charge in [-0.1, -0.05) is 52.0 Å². The van der Waals surface area contributed by atoms with E-state index in [-0.39, 0.29) is 10.8 Å². The minimum absolute atomic E-state index is 0.00702. The average Bonchev–Trinajstić information content (AvgIpc) is 2.52. The van der Waals surface area contributed by atoms with E-state index < -0.39 is 9.84 Å². The van der Waals surface area contributed by atoms with Crippen LogP contribution < -0.4 is 0 Å². The average molecular weight is 328 g/mol. The Morgan fingerprint density at radius 3 is 1.91 bits per heavy atom. The fraction of sp³-hybridized carbons (Fsp3) is 0.400. The summed E-state index contributed by atoms with van der Waals surface area (Å²) in [6, 6.07) is 14.4. The third-order valence-electron chi connectivity index (χ3n) is 5.19. The standard InChI is InChI=1S/C20H24O2S/c1-19(2)12-13-20(3,4)18-14-16(10-11-17(18)19)23(21,22)15-8-6-5-7-9-15/h5-11,14H,12-13H2,1-4H3. The highest BCUT2D eigenvalue weighted by Crippen LogP contribution is 2.46. The minimum Gasteiger partial charge on any atom is -0.219 e. The summed E-state index contributed by atoms with van der Waals surface area (Å²) in [6.45, 7) is 8.90. The maximum absolute atomic E-state index is 12.9. The molecule has 0 unspecified atom stereocenters. The van der Waals surface area contributed by atoms with E-state index in [1.54, 1.807) is 30.3 Å². The van der Waals surface area contributed by atoms with E-state index in [1.165, 1.54) is 11.1 Å². The van der Waals surface area contributed by atoms with Crippen LogP contribution in [0.25, 0.3) is 0 Å². The van der Waals surface area contributed by atoms with Crippen LogP contribution in [0.15, 0.2) is 58.3 Å². The number of hydrogen-bond donors (Lipinski definition) is 0. The van der Waals surface area contributed by atoms with Gasteiger partial charge >= 0.3 is 0 Å². The lowest BCUT2D eigenvalue weighted by atomic mass is 9.63. The molecule has 0 fully saturated rings. The molecule has 0 saturated carbocycles. The van der Waals surface area contributed by atoms with Gasteiger partial charge in [0.1, 0.15) is 0 Å². The predicted molar refractivity (Wildman–Crippen MR) is 93.6 cm³/mol. The lowest BCUT2D eigenvalue weighted by Gasteiger charge is -2.42. The molecule has 1 aliphatic rings. The molecule has 0 saturated heterocycles. The molecule has 0 N–H and O–H groups in total. The summed E-state index contributed by atoms with van der Waals surface area (Å²) in [5.74, 6) is 0. The van der Waals surface area contributed by atoms with Gasteiger partial charge in [0.15, 0.2) is 0 Å². The Morgan fingerprint density at radius 2 is 1.30 bits per heavy atom. The molecule has 0 heterocycles. The highest BCUT2D eigenvalue weighted by atomic mass is 32.2. The highest BCUT2D eigenvalue weighted by Gasteiger charge is 2.37. The minimum atomic E-state index is -3.46. The second-order valence-electron chi connectivity index (χ2n) is 7.79. The number of rotatable bonds is 2. The Kier molecular flexibility index (Phi) is 3.68. The van der Waals surface area contributed by atoms with Crippen molar-refractivity contribution < 1.29 is 8.42 Å². The van der Waals surface area contributed by atoms with Crippen LogP contribution in [0.5, 0.6) is 0 Å². The zero-order chi connectivity index (χ0) is 16.9. The Hall–Kier alpha value is -1.61. The third-order valence-corrected chi connectivity index (χ3v) is 6.96. The Bertz CT molecular complexity index is 831. The first kappa shape index (κ1) is 16.3. The molecule has 23 heavy (non-hydrogen) atoms. The fourth-order valence-corrected chi connectivity index (χ4v) is 4.78. The summed E-state index contributed by atoms with van der Waals surface area (Å²) in [6.07, 6.45) is 2.19. The maximum Gasteiger partial charge on any atom is 0.206 e. The zero-order valence-electron chi connectivity index (χ0n) is 14.3. The largest absolute Gasteiger partial charge is 0.219 e. The van der Waals surface area contributed by atoms with E-state index in [1.807, 2.05) is 18.2 Å². The van der Waals surface area contributed by atoms with Crippen molar-refractivity contribution in [2.45, 2.75) is 61.2 Å². The molecule has 0 spiro atoms. The molecule has 3 rings (SSSR count). The number of benzene rings is 2. The summed E-state index contributed by atoms with van der Waals surface area (Å²) >= 11 is 0. The zero-order valence-corrected chi connectivity index (χ0v) is 15.1. The molecule has 0 aromatic heterocycles. The highest BCUT2D eigenvalue weighted by molar-refractivity contribution is 7.91. The van der Waals surface area contributed by atoms with Crippen LogP contribution >= 0.6 is 0 Å². The Morgan fingerprint density at radius 1 is 0.739 bits per heavy atom. The van der Waals surface area contributed by atoms with Gasteiger partial charge in [0.2, 0.25) is 9.84 Å². The van der Waals surface area contributed by atoms with Crippen LogP contribution in [0, 0.1) is 0 Å². The molecule has 3 heteroatoms. The van der Waals surface area contributed by atoms with Crippen molar-refractivity contribution in [3.63, 3.8) is 0 Å². The van der Waals surface area contributed by atoms with Crippen molar-refractivity contribution >= 4 is 9.84 Å². The van der Waals surface area contributed by atoms with Gasteiger partial charge in [-0.25, -0.2) is 8.42 Å². The van der Waals surface area contributed by atoms with Crippen molar-refractivity contribution in [3.8, 4) is 0 Å². The van der Waals surface area contributed by atoms with Gasteiger partial charge in [-0.3, -0.25) is 0 Å². The number of hydrogen-bond acceptors (Lipinski definition) is 2. The van der Waals surface area contributed by atoms with Crippen LogP contribution in [-0.2, 0) is 20.7 Å². The summed E-state index contributed by atoms with van der Waals surface area (Å²) in [5, 5.41) is 0. The Labute approximate surface area is 139 Å². The summed E-state index contributed by atoms with van der Waals surface area (Å²) in [7, 11) is -3.46. The van der Waals surface area contributed by atoms with E-state index in [9.17, 15) is 8.42 Å². The van der Waals surface area contributed by atoms with Crippen LogP contribution in [0.2, 0.25) is 0 Å². The molecule has 0 aliphatic heterocycles. The van der Waals surface area contributed by atoms with Crippen LogP contribution in [0.4, 0.5) is 0 Å². The summed E-state index contributed by atoms with van der Waals surface area (Å²) in [4.78, 5) is 0.751. The molecule has 0 atom stereocenters. The van der Waals surface area contributed by atoms with Gasteiger partial charge in [0.05, 0.1) is 9.79 Å². The molecule has 0 radical (unpaired) electrons. The van der Waals surface area contributed by atoms with Gasteiger partial charge < -0.3 is 0 Å². The SMILES string of the molecule is CC1(C)CCC(C)(C)c2cc(S(=O)(=O)c3ccccc3)ccc21. The van der Waals surface area contributed by atoms with Crippen molar-refractivity contribution in [1.29, 1.82) is 0 Å². The van der Waals surface area contributed by atoms with Crippen molar-refractivity contribution in [1.82, 2.24) is 0 Å². The van der Waals surface area contributed by atoms with Crippen molar-refractivity contribution in [2.75, 3.05) is 0 Å². The smallest absolute Gasteiger partial charge is 0.206 e. The molecule has 0 amide bonds. The normalized spacial score (nSPS) is 19.1. The van der Waals surface area contributed by atoms with E-state index in [0.717, 1.165) is 12.8 Å². The fourth-order valence-electron chi connectivity index (χ4n) is 3.47. The number of fused-ring (bicyclic) bond motifs is 1. The van der Waals surface area contributed by atoms with Gasteiger partial charge in [-0.05, 0) is 59.1 Å². The van der Waals surface area contributed by atoms with Gasteiger partial charge in [-0.15, -0.1) is 0 Å². The Balaban J connectivity index is 2.18. The first-order valence-corrected chi connectivity index (χ1v) is 9.58. The van der Waals surface area contributed by atoms with Gasteiger partial charge in [-0.2, -0.15) is 0 Å². The summed E-state index contributed by atoms with van der Waals surface area (Å²) < 4.78 is 25.8.